The Hall–Kier alpha value is -1.30. The van der Waals surface area contributed by atoms with Crippen LogP contribution in [0.1, 0.15) is 52.4 Å². The fourth-order valence-corrected chi connectivity index (χ4v) is 4.69. The normalized spacial score (nSPS) is 26.8. The van der Waals surface area contributed by atoms with Gasteiger partial charge in [-0.15, -0.1) is 0 Å². The molecule has 148 valence electrons. The number of rotatable bonds is 4. The first-order valence-electron chi connectivity index (χ1n) is 10.6. The van der Waals surface area contributed by atoms with Crippen LogP contribution in [0.4, 0.5) is 4.79 Å². The van der Waals surface area contributed by atoms with Crippen molar-refractivity contribution >= 4 is 11.9 Å². The highest BCUT2D eigenvalue weighted by atomic mass is 16.2. The first-order chi connectivity index (χ1) is 12.5. The standard InChI is InChI=1S/C20H36N4O2/c1-16-6-5-9-22(14-16)15-17(2)21-19(25)18-7-12-24(13-8-18)20(26)23-10-3-4-11-23/h16-18H,3-15H2,1-2H3,(H,21,25). The molecule has 2 atom stereocenters. The Morgan fingerprint density at radius 1 is 0.962 bits per heavy atom. The maximum atomic E-state index is 12.6. The zero-order valence-corrected chi connectivity index (χ0v) is 16.6. The van der Waals surface area contributed by atoms with Crippen LogP contribution in [0, 0.1) is 11.8 Å². The number of urea groups is 1. The van der Waals surface area contributed by atoms with Crippen LogP contribution in [0.15, 0.2) is 0 Å². The van der Waals surface area contributed by atoms with Crippen LogP contribution in [0.3, 0.4) is 0 Å². The highest BCUT2D eigenvalue weighted by Crippen LogP contribution is 2.21. The van der Waals surface area contributed by atoms with Gasteiger partial charge in [-0.25, -0.2) is 4.79 Å². The van der Waals surface area contributed by atoms with E-state index in [1.807, 2.05) is 9.80 Å². The summed E-state index contributed by atoms with van der Waals surface area (Å²) >= 11 is 0. The van der Waals surface area contributed by atoms with Crippen LogP contribution in [-0.2, 0) is 4.79 Å². The topological polar surface area (TPSA) is 55.9 Å². The van der Waals surface area contributed by atoms with Crippen molar-refractivity contribution in [3.63, 3.8) is 0 Å². The summed E-state index contributed by atoms with van der Waals surface area (Å²) in [6, 6.07) is 0.367. The average Bonchev–Trinajstić information content (AvgIpc) is 3.15. The molecule has 3 amide bonds. The number of hydrogen-bond donors (Lipinski definition) is 1. The minimum atomic E-state index is 0.0559. The lowest BCUT2D eigenvalue weighted by Crippen LogP contribution is -2.50. The molecule has 3 rings (SSSR count). The van der Waals surface area contributed by atoms with E-state index < -0.39 is 0 Å². The van der Waals surface area contributed by atoms with Crippen molar-refractivity contribution in [1.82, 2.24) is 20.0 Å². The van der Waals surface area contributed by atoms with Crippen molar-refractivity contribution in [2.24, 2.45) is 11.8 Å². The lowest BCUT2D eigenvalue weighted by atomic mass is 9.95. The van der Waals surface area contributed by atoms with E-state index in [0.717, 1.165) is 64.3 Å². The molecule has 0 aromatic rings. The second-order valence-electron chi connectivity index (χ2n) is 8.65. The zero-order valence-electron chi connectivity index (χ0n) is 16.6. The third-order valence-corrected chi connectivity index (χ3v) is 6.17. The molecular weight excluding hydrogens is 328 g/mol. The van der Waals surface area contributed by atoms with E-state index in [-0.39, 0.29) is 23.9 Å². The number of piperidine rings is 2. The quantitative estimate of drug-likeness (QED) is 0.832. The molecule has 6 nitrogen and oxygen atoms in total. The molecule has 3 aliphatic heterocycles. The number of carbonyl (C=O) groups excluding carboxylic acids is 2. The average molecular weight is 365 g/mol. The van der Waals surface area contributed by atoms with Gasteiger partial charge in [-0.3, -0.25) is 4.79 Å². The molecule has 0 spiro atoms. The summed E-state index contributed by atoms with van der Waals surface area (Å²) in [5.74, 6) is 1.00. The Labute approximate surface area is 158 Å². The van der Waals surface area contributed by atoms with E-state index in [1.165, 1.54) is 12.8 Å². The van der Waals surface area contributed by atoms with Gasteiger partial charge >= 0.3 is 6.03 Å². The van der Waals surface area contributed by atoms with Crippen molar-refractivity contribution in [1.29, 1.82) is 0 Å². The molecule has 3 aliphatic rings. The third kappa shape index (κ3) is 5.12. The summed E-state index contributed by atoms with van der Waals surface area (Å²) < 4.78 is 0. The second kappa shape index (κ2) is 9.07. The Morgan fingerprint density at radius 3 is 2.27 bits per heavy atom. The van der Waals surface area contributed by atoms with Gasteiger partial charge in [-0.05, 0) is 57.9 Å². The van der Waals surface area contributed by atoms with Gasteiger partial charge in [0, 0.05) is 51.2 Å². The minimum absolute atomic E-state index is 0.0559. The van der Waals surface area contributed by atoms with Crippen LogP contribution in [0.5, 0.6) is 0 Å². The number of amides is 3. The van der Waals surface area contributed by atoms with Gasteiger partial charge < -0.3 is 20.0 Å². The van der Waals surface area contributed by atoms with Gasteiger partial charge in [-0.1, -0.05) is 6.92 Å². The molecule has 0 radical (unpaired) electrons. The number of likely N-dealkylation sites (tertiary alicyclic amines) is 3. The van der Waals surface area contributed by atoms with Crippen LogP contribution in [0.25, 0.3) is 0 Å². The molecule has 3 saturated heterocycles. The number of hydrogen-bond acceptors (Lipinski definition) is 3. The summed E-state index contributed by atoms with van der Waals surface area (Å²) in [6.07, 6.45) is 6.42. The van der Waals surface area contributed by atoms with Crippen LogP contribution < -0.4 is 5.32 Å². The Balaban J connectivity index is 1.38. The molecule has 2 unspecified atom stereocenters. The highest BCUT2D eigenvalue weighted by Gasteiger charge is 2.31. The zero-order chi connectivity index (χ0) is 18.5. The summed E-state index contributed by atoms with van der Waals surface area (Å²) in [5, 5.41) is 3.22. The summed E-state index contributed by atoms with van der Waals surface area (Å²) in [6.45, 7) is 10.9. The molecule has 3 heterocycles. The molecule has 3 fully saturated rings. The third-order valence-electron chi connectivity index (χ3n) is 6.17. The molecule has 0 aromatic carbocycles. The molecule has 0 aromatic heterocycles. The number of carbonyl (C=O) groups is 2. The largest absolute Gasteiger partial charge is 0.352 e. The van der Waals surface area contributed by atoms with Gasteiger partial charge in [0.25, 0.3) is 0 Å². The van der Waals surface area contributed by atoms with E-state index >= 15 is 0 Å². The molecule has 0 saturated carbocycles. The summed E-state index contributed by atoms with van der Waals surface area (Å²) in [7, 11) is 0. The smallest absolute Gasteiger partial charge is 0.319 e. The van der Waals surface area contributed by atoms with E-state index in [0.29, 0.717) is 13.1 Å². The lowest BCUT2D eigenvalue weighted by Gasteiger charge is -2.35. The van der Waals surface area contributed by atoms with Crippen LogP contribution in [0.2, 0.25) is 0 Å². The number of nitrogens with zero attached hydrogens (tertiary/aromatic N) is 3. The van der Waals surface area contributed by atoms with Crippen molar-refractivity contribution in [3.05, 3.63) is 0 Å². The van der Waals surface area contributed by atoms with Crippen LogP contribution >= 0.6 is 0 Å². The maximum Gasteiger partial charge on any atom is 0.319 e. The van der Waals surface area contributed by atoms with Crippen molar-refractivity contribution < 1.29 is 9.59 Å². The lowest BCUT2D eigenvalue weighted by molar-refractivity contribution is -0.127. The van der Waals surface area contributed by atoms with E-state index in [1.54, 1.807) is 0 Å². The van der Waals surface area contributed by atoms with E-state index in [2.05, 4.69) is 24.1 Å². The van der Waals surface area contributed by atoms with Gasteiger partial charge in [0.05, 0.1) is 0 Å². The van der Waals surface area contributed by atoms with Crippen molar-refractivity contribution in [2.75, 3.05) is 45.8 Å². The Kier molecular flexibility index (Phi) is 6.79. The highest BCUT2D eigenvalue weighted by molar-refractivity contribution is 5.80. The monoisotopic (exact) mass is 364 g/mol. The molecule has 0 bridgehead atoms. The van der Waals surface area contributed by atoms with Gasteiger partial charge in [0.15, 0.2) is 0 Å². The van der Waals surface area contributed by atoms with Gasteiger partial charge in [0.1, 0.15) is 0 Å². The Morgan fingerprint density at radius 2 is 1.62 bits per heavy atom. The maximum absolute atomic E-state index is 12.6. The van der Waals surface area contributed by atoms with Gasteiger partial charge in [0.2, 0.25) is 5.91 Å². The van der Waals surface area contributed by atoms with Crippen molar-refractivity contribution in [2.45, 2.75) is 58.4 Å². The predicted molar refractivity (Wildman–Crippen MR) is 103 cm³/mol. The predicted octanol–water partition coefficient (Wildman–Crippen LogP) is 2.15. The molecular formula is C20H36N4O2. The molecule has 26 heavy (non-hydrogen) atoms. The molecule has 0 aliphatic carbocycles. The SMILES string of the molecule is CC1CCCN(CC(C)NC(=O)C2CCN(C(=O)N3CCCC3)CC2)C1. The van der Waals surface area contributed by atoms with Crippen molar-refractivity contribution in [3.8, 4) is 0 Å². The van der Waals surface area contributed by atoms with E-state index in [4.69, 9.17) is 0 Å². The first-order valence-corrected chi connectivity index (χ1v) is 10.6. The number of nitrogens with one attached hydrogen (secondary N) is 1. The summed E-state index contributed by atoms with van der Waals surface area (Å²) in [5.41, 5.74) is 0. The molecule has 6 heteroatoms. The molecule has 1 N–H and O–H groups in total. The van der Waals surface area contributed by atoms with E-state index in [9.17, 15) is 9.59 Å². The Bertz CT molecular complexity index is 484. The minimum Gasteiger partial charge on any atom is -0.352 e. The first kappa shape index (κ1) is 19.5. The van der Waals surface area contributed by atoms with Crippen LogP contribution in [-0.4, -0.2) is 78.5 Å². The summed E-state index contributed by atoms with van der Waals surface area (Å²) in [4.78, 5) is 31.4. The van der Waals surface area contributed by atoms with Gasteiger partial charge in [-0.2, -0.15) is 0 Å². The fourth-order valence-electron chi connectivity index (χ4n) is 4.69. The second-order valence-corrected chi connectivity index (χ2v) is 8.65. The fraction of sp³-hybridized carbons (Fsp3) is 0.900.